The van der Waals surface area contributed by atoms with Gasteiger partial charge in [0.25, 0.3) is 15.0 Å². The molecule has 1 N–H and O–H groups in total. The number of nitrogens with zero attached hydrogens (tertiary/aromatic N) is 1. The number of aromatic nitrogens is 1. The molecule has 1 heterocycles. The van der Waals surface area contributed by atoms with Crippen LogP contribution in [0, 0.1) is 0 Å². The van der Waals surface area contributed by atoms with Crippen LogP contribution in [0.3, 0.4) is 0 Å². The number of anilines is 1. The largest absolute Gasteiger partial charge is 0.320 e. The van der Waals surface area contributed by atoms with Gasteiger partial charge in [-0.05, 0) is 46.3 Å². The van der Waals surface area contributed by atoms with E-state index in [0.717, 1.165) is 0 Å². The molecule has 2 rings (SSSR count). The highest BCUT2D eigenvalue weighted by atomic mass is 79.9. The fraction of sp³-hybridized carbons (Fsp3) is 0. The standard InChI is InChI=1S/C12H8BrClN2O3S/c13-9-7-8(20(14,18)19)4-5-10(9)16-12(17)11-3-1-2-6-15-11/h1-7H,(H,16,17). The van der Waals surface area contributed by atoms with Gasteiger partial charge >= 0.3 is 0 Å². The first-order valence-electron chi connectivity index (χ1n) is 5.34. The minimum absolute atomic E-state index is 0.0538. The molecule has 0 fully saturated rings. The third-order valence-corrected chi connectivity index (χ3v) is 4.38. The lowest BCUT2D eigenvalue weighted by Gasteiger charge is -2.07. The molecule has 0 saturated carbocycles. The predicted octanol–water partition coefficient (Wildman–Crippen LogP) is 3.02. The van der Waals surface area contributed by atoms with Crippen molar-refractivity contribution in [1.82, 2.24) is 4.98 Å². The zero-order valence-corrected chi connectivity index (χ0v) is 13.0. The van der Waals surface area contributed by atoms with E-state index in [1.165, 1.54) is 24.4 Å². The van der Waals surface area contributed by atoms with Gasteiger partial charge in [0.05, 0.1) is 10.6 Å². The molecule has 8 heteroatoms. The van der Waals surface area contributed by atoms with Gasteiger partial charge in [0.15, 0.2) is 0 Å². The molecule has 0 unspecified atom stereocenters. The predicted molar refractivity (Wildman–Crippen MR) is 79.4 cm³/mol. The monoisotopic (exact) mass is 374 g/mol. The fourth-order valence-corrected chi connectivity index (χ4v) is 2.84. The zero-order valence-electron chi connectivity index (χ0n) is 9.88. The summed E-state index contributed by atoms with van der Waals surface area (Å²) in [5.41, 5.74) is 0.679. The molecule has 104 valence electrons. The minimum atomic E-state index is -3.81. The van der Waals surface area contributed by atoms with E-state index in [1.54, 1.807) is 18.2 Å². The summed E-state index contributed by atoms with van der Waals surface area (Å²) in [7, 11) is 1.43. The molecule has 0 radical (unpaired) electrons. The van der Waals surface area contributed by atoms with Crippen molar-refractivity contribution in [3.8, 4) is 0 Å². The first-order valence-corrected chi connectivity index (χ1v) is 8.45. The summed E-state index contributed by atoms with van der Waals surface area (Å²) < 4.78 is 22.8. The Labute approximate surface area is 128 Å². The lowest BCUT2D eigenvalue weighted by Crippen LogP contribution is -2.13. The maximum Gasteiger partial charge on any atom is 0.274 e. The minimum Gasteiger partial charge on any atom is -0.320 e. The molecule has 0 bridgehead atoms. The number of nitrogens with one attached hydrogen (secondary N) is 1. The van der Waals surface area contributed by atoms with Crippen molar-refractivity contribution in [3.63, 3.8) is 0 Å². The Morgan fingerprint density at radius 3 is 2.55 bits per heavy atom. The van der Waals surface area contributed by atoms with Gasteiger partial charge < -0.3 is 5.32 Å². The quantitative estimate of drug-likeness (QED) is 0.837. The van der Waals surface area contributed by atoms with Crippen molar-refractivity contribution in [1.29, 1.82) is 0 Å². The summed E-state index contributed by atoms with van der Waals surface area (Å²) in [6, 6.07) is 9.03. The van der Waals surface area contributed by atoms with Crippen LogP contribution in [-0.4, -0.2) is 19.3 Å². The molecule has 1 aromatic heterocycles. The van der Waals surface area contributed by atoms with Crippen LogP contribution in [0.2, 0.25) is 0 Å². The second kappa shape index (κ2) is 5.90. The normalized spacial score (nSPS) is 11.1. The molecule has 0 spiro atoms. The number of hydrogen-bond acceptors (Lipinski definition) is 4. The number of carbonyl (C=O) groups is 1. The zero-order chi connectivity index (χ0) is 14.8. The Hall–Kier alpha value is -1.44. The van der Waals surface area contributed by atoms with Crippen molar-refractivity contribution in [3.05, 3.63) is 52.8 Å². The molecular weight excluding hydrogens is 368 g/mol. The van der Waals surface area contributed by atoms with E-state index in [9.17, 15) is 13.2 Å². The van der Waals surface area contributed by atoms with Crippen LogP contribution in [0.4, 0.5) is 5.69 Å². The summed E-state index contributed by atoms with van der Waals surface area (Å²) in [6.07, 6.45) is 1.51. The van der Waals surface area contributed by atoms with E-state index in [1.807, 2.05) is 0 Å². The summed E-state index contributed by atoms with van der Waals surface area (Å²) in [5.74, 6) is -0.396. The van der Waals surface area contributed by atoms with Crippen LogP contribution in [0.5, 0.6) is 0 Å². The van der Waals surface area contributed by atoms with E-state index in [4.69, 9.17) is 10.7 Å². The molecule has 0 aliphatic heterocycles. The van der Waals surface area contributed by atoms with E-state index in [2.05, 4.69) is 26.2 Å². The van der Waals surface area contributed by atoms with Crippen molar-refractivity contribution in [2.24, 2.45) is 0 Å². The van der Waals surface area contributed by atoms with Crippen LogP contribution in [-0.2, 0) is 9.05 Å². The average Bonchev–Trinajstić information content (AvgIpc) is 2.41. The topological polar surface area (TPSA) is 76.1 Å². The number of rotatable bonds is 3. The number of halogens is 2. The van der Waals surface area contributed by atoms with E-state index >= 15 is 0 Å². The molecule has 2 aromatic rings. The van der Waals surface area contributed by atoms with Crippen LogP contribution >= 0.6 is 26.6 Å². The van der Waals surface area contributed by atoms with Crippen molar-refractivity contribution in [2.45, 2.75) is 4.90 Å². The molecule has 5 nitrogen and oxygen atoms in total. The highest BCUT2D eigenvalue weighted by molar-refractivity contribution is 9.10. The fourth-order valence-electron chi connectivity index (χ4n) is 1.43. The Morgan fingerprint density at radius 2 is 2.00 bits per heavy atom. The second-order valence-corrected chi connectivity index (χ2v) is 7.17. The molecule has 1 aromatic carbocycles. The van der Waals surface area contributed by atoms with Gasteiger partial charge in [0.2, 0.25) is 0 Å². The molecular formula is C12H8BrClN2O3S. The van der Waals surface area contributed by atoms with Gasteiger partial charge in [-0.3, -0.25) is 9.78 Å². The SMILES string of the molecule is O=C(Nc1ccc(S(=O)(=O)Cl)cc1Br)c1ccccn1. The number of amides is 1. The second-order valence-electron chi connectivity index (χ2n) is 3.75. The first kappa shape index (κ1) is 15.0. The third-order valence-electron chi connectivity index (χ3n) is 2.37. The van der Waals surface area contributed by atoms with Crippen LogP contribution in [0.15, 0.2) is 52.0 Å². The van der Waals surface area contributed by atoms with Crippen molar-refractivity contribution in [2.75, 3.05) is 5.32 Å². The molecule has 0 atom stereocenters. The lowest BCUT2D eigenvalue weighted by atomic mass is 10.3. The molecule has 20 heavy (non-hydrogen) atoms. The Bertz CT molecular complexity index is 751. The summed E-state index contributed by atoms with van der Waals surface area (Å²) in [5, 5.41) is 2.62. The highest BCUT2D eigenvalue weighted by Crippen LogP contribution is 2.27. The molecule has 1 amide bonds. The number of benzene rings is 1. The summed E-state index contributed by atoms with van der Waals surface area (Å²) in [6.45, 7) is 0. The third kappa shape index (κ3) is 3.56. The molecule has 0 aliphatic rings. The first-order chi connectivity index (χ1) is 9.38. The van der Waals surface area contributed by atoms with E-state index in [0.29, 0.717) is 10.2 Å². The summed E-state index contributed by atoms with van der Waals surface area (Å²) >= 11 is 3.18. The van der Waals surface area contributed by atoms with Crippen LogP contribution in [0.1, 0.15) is 10.5 Å². The maximum absolute atomic E-state index is 11.9. The van der Waals surface area contributed by atoms with Crippen molar-refractivity contribution >= 4 is 47.3 Å². The molecule has 0 aliphatic carbocycles. The Morgan fingerprint density at radius 1 is 1.25 bits per heavy atom. The average molecular weight is 376 g/mol. The van der Waals surface area contributed by atoms with E-state index < -0.39 is 15.0 Å². The molecule has 0 saturated heterocycles. The number of hydrogen-bond donors (Lipinski definition) is 1. The Kier molecular flexibility index (Phi) is 4.42. The van der Waals surface area contributed by atoms with Gasteiger partial charge in [-0.15, -0.1) is 0 Å². The lowest BCUT2D eigenvalue weighted by molar-refractivity contribution is 0.102. The van der Waals surface area contributed by atoms with Gasteiger partial charge in [0.1, 0.15) is 5.69 Å². The number of carbonyl (C=O) groups excluding carboxylic acids is 1. The van der Waals surface area contributed by atoms with Crippen LogP contribution < -0.4 is 5.32 Å². The van der Waals surface area contributed by atoms with Crippen LogP contribution in [0.25, 0.3) is 0 Å². The van der Waals surface area contributed by atoms with Gasteiger partial charge in [-0.25, -0.2) is 8.42 Å². The number of pyridine rings is 1. The summed E-state index contributed by atoms with van der Waals surface area (Å²) in [4.78, 5) is 15.8. The van der Waals surface area contributed by atoms with Gasteiger partial charge in [-0.1, -0.05) is 6.07 Å². The smallest absolute Gasteiger partial charge is 0.274 e. The van der Waals surface area contributed by atoms with Crippen molar-refractivity contribution < 1.29 is 13.2 Å². The van der Waals surface area contributed by atoms with Gasteiger partial charge in [-0.2, -0.15) is 0 Å². The van der Waals surface area contributed by atoms with E-state index in [-0.39, 0.29) is 10.6 Å². The highest BCUT2D eigenvalue weighted by Gasteiger charge is 2.14. The van der Waals surface area contributed by atoms with Gasteiger partial charge in [0, 0.05) is 21.4 Å². The Balaban J connectivity index is 2.25. The maximum atomic E-state index is 11.9.